The van der Waals surface area contributed by atoms with Crippen LogP contribution < -0.4 is 15.8 Å². The number of pyridine rings is 1. The number of benzene rings is 2. The van der Waals surface area contributed by atoms with E-state index >= 15 is 0 Å². The van der Waals surface area contributed by atoms with E-state index in [9.17, 15) is 9.59 Å². The number of ether oxygens (including phenoxy) is 1. The van der Waals surface area contributed by atoms with Crippen molar-refractivity contribution in [2.45, 2.75) is 26.4 Å². The first-order valence-electron chi connectivity index (χ1n) is 12.5. The van der Waals surface area contributed by atoms with Crippen LogP contribution in [0.4, 0.5) is 22.1 Å². The summed E-state index contributed by atoms with van der Waals surface area (Å²) < 4.78 is 6.88. The van der Waals surface area contributed by atoms with Crippen LogP contribution in [0.15, 0.2) is 65.7 Å². The molecule has 4 aromatic rings. The number of aromatic nitrogens is 3. The SMILES string of the molecule is CC(C)(C)OC(=O)N1CCN(c2ccc(Nc3ncc4c(=O)n(-c5c(Cl)cccc5Cl)ccc4n3)cc2)CC1. The molecule has 0 unspecified atom stereocenters. The lowest BCUT2D eigenvalue weighted by atomic mass is 10.2. The molecule has 0 bridgehead atoms. The normalized spacial score (nSPS) is 14.0. The Morgan fingerprint density at radius 2 is 1.64 bits per heavy atom. The van der Waals surface area contributed by atoms with Gasteiger partial charge in [0, 0.05) is 49.9 Å². The van der Waals surface area contributed by atoms with Gasteiger partial charge in [-0.2, -0.15) is 0 Å². The molecule has 0 spiro atoms. The molecule has 5 rings (SSSR count). The van der Waals surface area contributed by atoms with E-state index in [1.54, 1.807) is 35.4 Å². The number of anilines is 3. The van der Waals surface area contributed by atoms with E-state index in [1.807, 2.05) is 45.0 Å². The molecular formula is C28H28Cl2N6O3. The molecule has 1 amide bonds. The molecule has 9 nitrogen and oxygen atoms in total. The standard InChI is InChI=1S/C28H28Cl2N6O3/c1-28(2,3)39-27(38)35-15-13-34(14-16-35)19-9-7-18(8-10-19)32-26-31-17-20-23(33-26)11-12-36(25(20)37)24-21(29)5-4-6-22(24)30/h4-12,17H,13-16H2,1-3H3,(H,31,32,33). The Hall–Kier alpha value is -3.82. The second kappa shape index (κ2) is 10.7. The fourth-order valence-corrected chi connectivity index (χ4v) is 4.92. The zero-order chi connectivity index (χ0) is 27.7. The molecule has 0 radical (unpaired) electrons. The lowest BCUT2D eigenvalue weighted by molar-refractivity contribution is 0.0240. The number of nitrogens with one attached hydrogen (secondary N) is 1. The molecule has 0 atom stereocenters. The zero-order valence-electron chi connectivity index (χ0n) is 21.8. The van der Waals surface area contributed by atoms with Crippen molar-refractivity contribution >= 4 is 57.5 Å². The highest BCUT2D eigenvalue weighted by Crippen LogP contribution is 2.28. The van der Waals surface area contributed by atoms with Crippen LogP contribution in [0, 0.1) is 0 Å². The smallest absolute Gasteiger partial charge is 0.410 e. The lowest BCUT2D eigenvalue weighted by Crippen LogP contribution is -2.50. The molecule has 0 saturated carbocycles. The molecule has 1 aliphatic heterocycles. The van der Waals surface area contributed by atoms with Gasteiger partial charge in [0.2, 0.25) is 5.95 Å². The topological polar surface area (TPSA) is 92.6 Å². The molecule has 0 aliphatic carbocycles. The fourth-order valence-electron chi connectivity index (χ4n) is 4.34. The van der Waals surface area contributed by atoms with Gasteiger partial charge in [-0.05, 0) is 63.2 Å². The molecule has 202 valence electrons. The number of amides is 1. The summed E-state index contributed by atoms with van der Waals surface area (Å²) in [6.07, 6.45) is 2.82. The van der Waals surface area contributed by atoms with Crippen LogP contribution in [0.2, 0.25) is 10.0 Å². The predicted octanol–water partition coefficient (Wildman–Crippen LogP) is 5.89. The molecule has 1 N–H and O–H groups in total. The van der Waals surface area contributed by atoms with Gasteiger partial charge in [-0.15, -0.1) is 0 Å². The number of hydrogen-bond acceptors (Lipinski definition) is 7. The van der Waals surface area contributed by atoms with Gasteiger partial charge < -0.3 is 19.9 Å². The summed E-state index contributed by atoms with van der Waals surface area (Å²) in [7, 11) is 0. The molecular weight excluding hydrogens is 539 g/mol. The molecule has 3 heterocycles. The fraction of sp³-hybridized carbons (Fsp3) is 0.286. The van der Waals surface area contributed by atoms with E-state index in [1.165, 1.54) is 10.8 Å². The number of carbonyl (C=O) groups is 1. The van der Waals surface area contributed by atoms with Crippen LogP contribution in [-0.2, 0) is 4.74 Å². The van der Waals surface area contributed by atoms with E-state index in [0.29, 0.717) is 45.7 Å². The molecule has 11 heteroatoms. The lowest BCUT2D eigenvalue weighted by Gasteiger charge is -2.36. The van der Waals surface area contributed by atoms with Gasteiger partial charge in [0.05, 0.1) is 26.6 Å². The first kappa shape index (κ1) is 26.8. The van der Waals surface area contributed by atoms with Gasteiger partial charge in [0.1, 0.15) is 5.60 Å². The highest BCUT2D eigenvalue weighted by Gasteiger charge is 2.26. The summed E-state index contributed by atoms with van der Waals surface area (Å²) >= 11 is 12.6. The van der Waals surface area contributed by atoms with Gasteiger partial charge in [0.25, 0.3) is 5.56 Å². The first-order valence-corrected chi connectivity index (χ1v) is 13.3. The molecule has 2 aromatic carbocycles. The number of fused-ring (bicyclic) bond motifs is 1. The number of carbonyl (C=O) groups excluding carboxylic acids is 1. The van der Waals surface area contributed by atoms with Crippen molar-refractivity contribution in [1.29, 1.82) is 0 Å². The maximum absolute atomic E-state index is 13.1. The summed E-state index contributed by atoms with van der Waals surface area (Å²) in [6.45, 7) is 8.25. The maximum atomic E-state index is 13.1. The van der Waals surface area contributed by atoms with Crippen LogP contribution in [0.1, 0.15) is 20.8 Å². The Labute approximate surface area is 235 Å². The van der Waals surface area contributed by atoms with Crippen LogP contribution in [0.5, 0.6) is 0 Å². The largest absolute Gasteiger partial charge is 0.444 e. The average molecular weight is 567 g/mol. The Bertz CT molecular complexity index is 1560. The minimum Gasteiger partial charge on any atom is -0.444 e. The second-order valence-corrected chi connectivity index (χ2v) is 11.0. The Morgan fingerprint density at radius 3 is 2.28 bits per heavy atom. The van der Waals surface area contributed by atoms with Crippen molar-refractivity contribution in [3.63, 3.8) is 0 Å². The summed E-state index contributed by atoms with van der Waals surface area (Å²) in [5, 5.41) is 4.28. The van der Waals surface area contributed by atoms with Gasteiger partial charge in [-0.3, -0.25) is 9.36 Å². The summed E-state index contributed by atoms with van der Waals surface area (Å²) in [6, 6.07) is 14.7. The number of rotatable bonds is 4. The maximum Gasteiger partial charge on any atom is 0.410 e. The monoisotopic (exact) mass is 566 g/mol. The van der Waals surface area contributed by atoms with Crippen molar-refractivity contribution in [3.05, 3.63) is 81.3 Å². The highest BCUT2D eigenvalue weighted by atomic mass is 35.5. The van der Waals surface area contributed by atoms with Crippen LogP contribution in [-0.4, -0.2) is 57.3 Å². The number of halogens is 2. The summed E-state index contributed by atoms with van der Waals surface area (Å²) in [5.74, 6) is 0.370. The average Bonchev–Trinajstić information content (AvgIpc) is 2.89. The van der Waals surface area contributed by atoms with Gasteiger partial charge >= 0.3 is 6.09 Å². The highest BCUT2D eigenvalue weighted by molar-refractivity contribution is 6.37. The first-order chi connectivity index (χ1) is 18.6. The molecule has 1 aliphatic rings. The van der Waals surface area contributed by atoms with E-state index < -0.39 is 5.60 Å². The number of para-hydroxylation sites is 1. The van der Waals surface area contributed by atoms with Crippen LogP contribution in [0.25, 0.3) is 16.6 Å². The third kappa shape index (κ3) is 5.94. The number of hydrogen-bond donors (Lipinski definition) is 1. The van der Waals surface area contributed by atoms with Crippen molar-refractivity contribution in [2.75, 3.05) is 36.4 Å². The molecule has 1 fully saturated rings. The van der Waals surface area contributed by atoms with Crippen LogP contribution in [0.3, 0.4) is 0 Å². The molecule has 2 aromatic heterocycles. The van der Waals surface area contributed by atoms with Crippen molar-refractivity contribution < 1.29 is 9.53 Å². The molecule has 39 heavy (non-hydrogen) atoms. The van der Waals surface area contributed by atoms with Crippen molar-refractivity contribution in [2.24, 2.45) is 0 Å². The van der Waals surface area contributed by atoms with Crippen molar-refractivity contribution in [3.8, 4) is 5.69 Å². The Morgan fingerprint density at radius 1 is 0.974 bits per heavy atom. The van der Waals surface area contributed by atoms with Crippen molar-refractivity contribution in [1.82, 2.24) is 19.4 Å². The quantitative estimate of drug-likeness (QED) is 0.329. The number of nitrogens with zero attached hydrogens (tertiary/aromatic N) is 5. The predicted molar refractivity (Wildman–Crippen MR) is 155 cm³/mol. The van der Waals surface area contributed by atoms with Gasteiger partial charge in [-0.25, -0.2) is 14.8 Å². The minimum absolute atomic E-state index is 0.274. The summed E-state index contributed by atoms with van der Waals surface area (Å²) in [5.41, 5.74) is 1.96. The third-order valence-corrected chi connectivity index (χ3v) is 6.86. The summed E-state index contributed by atoms with van der Waals surface area (Å²) in [4.78, 5) is 38.3. The number of piperazine rings is 1. The van der Waals surface area contributed by atoms with E-state index in [4.69, 9.17) is 27.9 Å². The third-order valence-electron chi connectivity index (χ3n) is 6.25. The van der Waals surface area contributed by atoms with E-state index in [0.717, 1.165) is 24.5 Å². The second-order valence-electron chi connectivity index (χ2n) is 10.2. The van der Waals surface area contributed by atoms with Gasteiger partial charge in [-0.1, -0.05) is 29.3 Å². The Balaban J connectivity index is 1.26. The van der Waals surface area contributed by atoms with Gasteiger partial charge in [0.15, 0.2) is 0 Å². The minimum atomic E-state index is -0.504. The molecule has 1 saturated heterocycles. The van der Waals surface area contributed by atoms with E-state index in [-0.39, 0.29) is 11.7 Å². The van der Waals surface area contributed by atoms with E-state index in [2.05, 4.69) is 20.2 Å². The Kier molecular flexibility index (Phi) is 7.38. The zero-order valence-corrected chi connectivity index (χ0v) is 23.3. The van der Waals surface area contributed by atoms with Crippen LogP contribution >= 0.6 is 23.2 Å².